The summed E-state index contributed by atoms with van der Waals surface area (Å²) in [7, 11) is -0.640. The van der Waals surface area contributed by atoms with Crippen LogP contribution in [0.15, 0.2) is 0 Å². The zero-order valence-corrected chi connectivity index (χ0v) is 27.0. The first-order chi connectivity index (χ1) is 17.2. The van der Waals surface area contributed by atoms with Gasteiger partial charge in [0, 0.05) is 7.26 Å². The van der Waals surface area contributed by atoms with Crippen molar-refractivity contribution in [3.05, 3.63) is 0 Å². The molecule has 2 heteroatoms. The summed E-state index contributed by atoms with van der Waals surface area (Å²) >= 11 is 0. The second-order valence-corrected chi connectivity index (χ2v) is 16.5. The Labute approximate surface area is 231 Å². The van der Waals surface area contributed by atoms with Crippen molar-refractivity contribution in [1.29, 1.82) is 0 Å². The SMILES string of the molecule is CCCCCCCCCCCCCCCCCCCCCC[P+](CCCC)(CCCC)CCCC.[OH-]. The van der Waals surface area contributed by atoms with Gasteiger partial charge in [-0.1, -0.05) is 163 Å². The van der Waals surface area contributed by atoms with Gasteiger partial charge in [0.25, 0.3) is 0 Å². The van der Waals surface area contributed by atoms with Crippen LogP contribution in [0.1, 0.15) is 195 Å². The molecule has 0 saturated carbocycles. The van der Waals surface area contributed by atoms with Gasteiger partial charge in [-0.05, 0) is 32.1 Å². The largest absolute Gasteiger partial charge is 0.870 e. The molecule has 0 aliphatic heterocycles. The first-order valence-corrected chi connectivity index (χ1v) is 19.6. The van der Waals surface area contributed by atoms with Gasteiger partial charge in [-0.15, -0.1) is 0 Å². The highest BCUT2D eigenvalue weighted by Crippen LogP contribution is 2.61. The maximum atomic E-state index is 2.40. The molecule has 220 valence electrons. The van der Waals surface area contributed by atoms with E-state index in [1.165, 1.54) is 161 Å². The minimum atomic E-state index is -0.640. The molecule has 0 aromatic heterocycles. The number of rotatable bonds is 30. The summed E-state index contributed by atoms with van der Waals surface area (Å²) in [5, 5.41) is 0. The third-order valence-corrected chi connectivity index (χ3v) is 13.5. The van der Waals surface area contributed by atoms with Gasteiger partial charge in [0.2, 0.25) is 0 Å². The van der Waals surface area contributed by atoms with Crippen LogP contribution in [0.3, 0.4) is 0 Å². The van der Waals surface area contributed by atoms with Crippen LogP contribution in [-0.4, -0.2) is 30.1 Å². The fraction of sp³-hybridized carbons (Fsp3) is 1.00. The highest BCUT2D eigenvalue weighted by atomic mass is 31.2. The molecule has 0 aromatic rings. The molecule has 0 amide bonds. The van der Waals surface area contributed by atoms with Crippen LogP contribution in [0.5, 0.6) is 0 Å². The van der Waals surface area contributed by atoms with E-state index in [-0.39, 0.29) is 5.48 Å². The fourth-order valence-corrected chi connectivity index (χ4v) is 11.1. The lowest BCUT2D eigenvalue weighted by Crippen LogP contribution is -2.13. The van der Waals surface area contributed by atoms with Gasteiger partial charge in [0.15, 0.2) is 0 Å². The third-order valence-electron chi connectivity index (χ3n) is 8.44. The molecule has 0 atom stereocenters. The van der Waals surface area contributed by atoms with Crippen LogP contribution in [0.25, 0.3) is 0 Å². The summed E-state index contributed by atoms with van der Waals surface area (Å²) in [4.78, 5) is 0. The quantitative estimate of drug-likeness (QED) is 0.0673. The molecule has 0 aliphatic rings. The van der Waals surface area contributed by atoms with E-state index in [4.69, 9.17) is 0 Å². The fourth-order valence-electron chi connectivity index (χ4n) is 5.85. The molecular weight excluding hydrogens is 455 g/mol. The standard InChI is InChI=1S/C34H72P.H2O/c1-5-9-13-14-15-16-17-18-19-20-21-22-23-24-25-26-27-28-29-30-34-35(31-10-6-2,32-11-7-3)33-12-8-4;/h5-34H2,1-4H3;1H2/q+1;/p-1. The Morgan fingerprint density at radius 2 is 0.444 bits per heavy atom. The van der Waals surface area contributed by atoms with Crippen molar-refractivity contribution in [3.63, 3.8) is 0 Å². The van der Waals surface area contributed by atoms with E-state index >= 15 is 0 Å². The second-order valence-electron chi connectivity index (χ2n) is 12.0. The molecule has 0 rings (SSSR count). The maximum absolute atomic E-state index is 2.40. The van der Waals surface area contributed by atoms with Gasteiger partial charge in [0.1, 0.15) is 0 Å². The Balaban J connectivity index is 0. The highest BCUT2D eigenvalue weighted by Gasteiger charge is 2.34. The van der Waals surface area contributed by atoms with E-state index < -0.39 is 7.26 Å². The van der Waals surface area contributed by atoms with Crippen LogP contribution < -0.4 is 0 Å². The van der Waals surface area contributed by atoms with Crippen LogP contribution in [0, 0.1) is 0 Å². The Morgan fingerprint density at radius 3 is 0.694 bits per heavy atom. The van der Waals surface area contributed by atoms with E-state index in [1.54, 1.807) is 31.1 Å². The number of hydrogen-bond donors (Lipinski definition) is 0. The lowest BCUT2D eigenvalue weighted by atomic mass is 10.0. The van der Waals surface area contributed by atoms with Crippen LogP contribution in [0.2, 0.25) is 0 Å². The van der Waals surface area contributed by atoms with Crippen molar-refractivity contribution in [3.8, 4) is 0 Å². The highest BCUT2D eigenvalue weighted by molar-refractivity contribution is 7.75. The molecule has 0 saturated heterocycles. The average molecular weight is 529 g/mol. The molecule has 1 N–H and O–H groups in total. The zero-order valence-electron chi connectivity index (χ0n) is 26.1. The van der Waals surface area contributed by atoms with Crippen molar-refractivity contribution in [2.75, 3.05) is 24.6 Å². The molecular formula is C34H73OP. The van der Waals surface area contributed by atoms with E-state index in [1.807, 2.05) is 0 Å². The molecule has 0 aromatic carbocycles. The second kappa shape index (κ2) is 31.6. The van der Waals surface area contributed by atoms with Crippen LogP contribution >= 0.6 is 7.26 Å². The molecule has 36 heavy (non-hydrogen) atoms. The maximum Gasteiger partial charge on any atom is 0.0594 e. The Kier molecular flexibility index (Phi) is 33.8. The summed E-state index contributed by atoms with van der Waals surface area (Å²) in [6.07, 6.45) is 44.9. The number of unbranched alkanes of at least 4 members (excludes halogenated alkanes) is 22. The van der Waals surface area contributed by atoms with E-state index in [9.17, 15) is 0 Å². The molecule has 0 spiro atoms. The van der Waals surface area contributed by atoms with Gasteiger partial charge in [0.05, 0.1) is 24.6 Å². The topological polar surface area (TPSA) is 30.0 Å². The predicted molar refractivity (Wildman–Crippen MR) is 171 cm³/mol. The summed E-state index contributed by atoms with van der Waals surface area (Å²) in [6, 6.07) is 0. The first kappa shape index (κ1) is 38.5. The zero-order chi connectivity index (χ0) is 25.7. The minimum Gasteiger partial charge on any atom is -0.870 e. The van der Waals surface area contributed by atoms with Gasteiger partial charge < -0.3 is 5.48 Å². The Hall–Kier alpha value is 0.390. The minimum absolute atomic E-state index is 0. The van der Waals surface area contributed by atoms with Gasteiger partial charge in [-0.2, -0.15) is 0 Å². The van der Waals surface area contributed by atoms with Crippen LogP contribution in [-0.2, 0) is 0 Å². The van der Waals surface area contributed by atoms with E-state index in [0.717, 1.165) is 0 Å². The van der Waals surface area contributed by atoms with Crippen molar-refractivity contribution in [2.45, 2.75) is 195 Å². The molecule has 0 radical (unpaired) electrons. The van der Waals surface area contributed by atoms with Crippen molar-refractivity contribution >= 4 is 7.26 Å². The lowest BCUT2D eigenvalue weighted by Gasteiger charge is -2.28. The third kappa shape index (κ3) is 26.0. The molecule has 0 heterocycles. The summed E-state index contributed by atoms with van der Waals surface area (Å²) < 4.78 is 0. The molecule has 1 nitrogen and oxygen atoms in total. The van der Waals surface area contributed by atoms with Crippen molar-refractivity contribution in [2.24, 2.45) is 0 Å². The summed E-state index contributed by atoms with van der Waals surface area (Å²) in [5.74, 6) is 0. The average Bonchev–Trinajstić information content (AvgIpc) is 2.88. The van der Waals surface area contributed by atoms with Gasteiger partial charge in [-0.25, -0.2) is 0 Å². The molecule has 0 aliphatic carbocycles. The molecule has 0 bridgehead atoms. The molecule has 0 unspecified atom stereocenters. The van der Waals surface area contributed by atoms with Crippen LogP contribution in [0.4, 0.5) is 0 Å². The monoisotopic (exact) mass is 529 g/mol. The molecule has 0 fully saturated rings. The normalized spacial score (nSPS) is 11.7. The lowest BCUT2D eigenvalue weighted by molar-refractivity contribution is 0.523. The van der Waals surface area contributed by atoms with Gasteiger partial charge in [-0.3, -0.25) is 0 Å². The first-order valence-electron chi connectivity index (χ1n) is 17.1. The summed E-state index contributed by atoms with van der Waals surface area (Å²) in [6.45, 7) is 9.50. The van der Waals surface area contributed by atoms with E-state index in [0.29, 0.717) is 0 Å². The number of hydrogen-bond acceptors (Lipinski definition) is 1. The Bertz CT molecular complexity index is 362. The van der Waals surface area contributed by atoms with Crippen molar-refractivity contribution < 1.29 is 5.48 Å². The Morgan fingerprint density at radius 1 is 0.250 bits per heavy atom. The van der Waals surface area contributed by atoms with E-state index in [2.05, 4.69) is 27.7 Å². The van der Waals surface area contributed by atoms with Crippen molar-refractivity contribution in [1.82, 2.24) is 0 Å². The smallest absolute Gasteiger partial charge is 0.0594 e. The summed E-state index contributed by atoms with van der Waals surface area (Å²) in [5.41, 5.74) is 0. The van der Waals surface area contributed by atoms with Gasteiger partial charge >= 0.3 is 0 Å². The predicted octanol–water partition coefficient (Wildman–Crippen LogP) is 13.0.